The molecule has 8 atom stereocenters. The van der Waals surface area contributed by atoms with Gasteiger partial charge in [0.05, 0.1) is 13.2 Å². The molecule has 4 amide bonds. The lowest BCUT2D eigenvalue weighted by Crippen LogP contribution is -2.53. The molecule has 0 aliphatic heterocycles. The fourth-order valence-corrected chi connectivity index (χ4v) is 11.1. The van der Waals surface area contributed by atoms with Crippen molar-refractivity contribution in [1.29, 1.82) is 0 Å². The van der Waals surface area contributed by atoms with Crippen molar-refractivity contribution >= 4 is 29.4 Å². The monoisotopic (exact) mass is 1410 g/mol. The van der Waals surface area contributed by atoms with Crippen LogP contribution in [0.3, 0.4) is 0 Å². The number of unbranched alkanes of at least 4 members (excludes halogenated alkanes) is 25. The third kappa shape index (κ3) is 61.5. The number of hydrogen-bond acceptors (Lipinski definition) is 22. The molecule has 20 N–H and O–H groups in total. The number of amides is 4. The number of carbonyl (C=O) groups excluding carboxylic acids is 5. The van der Waals surface area contributed by atoms with Crippen molar-refractivity contribution in [2.24, 2.45) is 5.92 Å². The molecule has 0 saturated carbocycles. The average Bonchev–Trinajstić information content (AvgIpc) is 0.935. The molecular formula is C72H151N11O15. The number of nitrogens with zero attached hydrogens (tertiary/aromatic N) is 1. The quantitative estimate of drug-likeness (QED) is 0.0389. The van der Waals surface area contributed by atoms with E-state index >= 15 is 0 Å². The highest BCUT2D eigenvalue weighted by molar-refractivity contribution is 5.84. The normalized spacial score (nSPS) is 13.9. The molecule has 0 aliphatic rings. The fourth-order valence-electron chi connectivity index (χ4n) is 11.1. The molecule has 0 unspecified atom stereocenters. The second-order valence-electron chi connectivity index (χ2n) is 26.5. The van der Waals surface area contributed by atoms with Gasteiger partial charge in [-0.15, -0.1) is 0 Å². The van der Waals surface area contributed by atoms with E-state index in [1.165, 1.54) is 173 Å². The van der Waals surface area contributed by atoms with Gasteiger partial charge in [0.2, 0.25) is 11.8 Å². The second-order valence-corrected chi connectivity index (χ2v) is 26.5. The van der Waals surface area contributed by atoms with Crippen LogP contribution in [-0.4, -0.2) is 273 Å². The van der Waals surface area contributed by atoms with Gasteiger partial charge in [0.15, 0.2) is 12.2 Å². The van der Waals surface area contributed by atoms with Crippen molar-refractivity contribution in [2.75, 3.05) is 139 Å². The summed E-state index contributed by atoms with van der Waals surface area (Å²) in [6.07, 6.45) is 23.7. The molecule has 0 aromatic heterocycles. The van der Waals surface area contributed by atoms with Crippen molar-refractivity contribution in [3.05, 3.63) is 0 Å². The lowest BCUT2D eigenvalue weighted by atomic mass is 10.00. The summed E-state index contributed by atoms with van der Waals surface area (Å²) in [4.78, 5) is 62.5. The highest BCUT2D eigenvalue weighted by atomic mass is 16.4. The van der Waals surface area contributed by atoms with Gasteiger partial charge in [-0.05, 0) is 170 Å². The van der Waals surface area contributed by atoms with E-state index in [1.54, 1.807) is 6.92 Å². The van der Waals surface area contributed by atoms with Crippen molar-refractivity contribution < 1.29 is 75.0 Å². The standard InChI is InChI=1S/C45H86N4O15.C26H61N7.CH4/c1-33(52)23-21-19-17-15-13-11-9-7-5-3-2-4-6-8-10-12-14-16-18-20-22-26-46-36(55)24-25-37(56)49(29-27-47-44(63)42(61)40(59)38(57)34(53)31-50)30-28-48-45(64)43(62)41(60)39(58)35(54)32-51;1-27-15-7-5-4-6-14-26(24-32-20-10-8-18-30-22-12-16-28-2)25-33-21-11-9-19-31-23-13-17-29-3;/h34-35,38-43,50-51,53-54,57-62H,2-32H2,1H3,(H,46,55)(H,47,63)(H,48,64);26-33H,4-25H2,1-3H3;1H4/t34-,35+,38+,39-,40-,41+,42+,43-;;. The van der Waals surface area contributed by atoms with E-state index in [-0.39, 0.29) is 52.4 Å². The van der Waals surface area contributed by atoms with Gasteiger partial charge in [-0.2, -0.15) is 0 Å². The third-order valence-corrected chi connectivity index (χ3v) is 17.5. The number of aliphatic hydroxyl groups is 10. The highest BCUT2D eigenvalue weighted by Crippen LogP contribution is 2.17. The first kappa shape index (κ1) is 99.0. The van der Waals surface area contributed by atoms with E-state index in [0.29, 0.717) is 12.3 Å². The van der Waals surface area contributed by atoms with Crippen LogP contribution in [0, 0.1) is 5.92 Å². The van der Waals surface area contributed by atoms with E-state index in [1.807, 2.05) is 21.1 Å². The molecule has 0 aromatic rings. The van der Waals surface area contributed by atoms with E-state index in [2.05, 4.69) is 53.2 Å². The Morgan fingerprint density at radius 3 is 1.02 bits per heavy atom. The minimum absolute atomic E-state index is 0. The molecule has 0 saturated heterocycles. The van der Waals surface area contributed by atoms with Crippen LogP contribution in [0.1, 0.15) is 239 Å². The number of rotatable bonds is 72. The maximum atomic E-state index is 13.1. The van der Waals surface area contributed by atoms with Crippen LogP contribution in [0.15, 0.2) is 0 Å². The summed E-state index contributed by atoms with van der Waals surface area (Å²) in [5.74, 6) is -2.20. The second kappa shape index (κ2) is 73.6. The Labute approximate surface area is 593 Å². The number of aliphatic hydroxyl groups excluding tert-OH is 10. The van der Waals surface area contributed by atoms with Crippen molar-refractivity contribution in [2.45, 2.75) is 288 Å². The van der Waals surface area contributed by atoms with Crippen LogP contribution in [0.25, 0.3) is 0 Å². The van der Waals surface area contributed by atoms with Crippen molar-refractivity contribution in [1.82, 2.24) is 58.1 Å². The van der Waals surface area contributed by atoms with Gasteiger partial charge in [0.25, 0.3) is 11.8 Å². The summed E-state index contributed by atoms with van der Waals surface area (Å²) < 4.78 is 0. The molecule has 0 aromatic carbocycles. The maximum Gasteiger partial charge on any atom is 0.251 e. The minimum Gasteiger partial charge on any atom is -0.394 e. The van der Waals surface area contributed by atoms with Crippen molar-refractivity contribution in [3.8, 4) is 0 Å². The van der Waals surface area contributed by atoms with E-state index in [0.717, 1.165) is 121 Å². The molecule has 0 bridgehead atoms. The van der Waals surface area contributed by atoms with Crippen LogP contribution in [0.4, 0.5) is 0 Å². The first-order valence-corrected chi connectivity index (χ1v) is 38.0. The van der Waals surface area contributed by atoms with E-state index in [4.69, 9.17) is 10.2 Å². The number of Topliss-reactive ketones (excluding diaryl/α,β-unsaturated/α-hetero) is 1. The Kier molecular flexibility index (Phi) is 74.4. The Morgan fingerprint density at radius 1 is 0.337 bits per heavy atom. The zero-order chi connectivity index (χ0) is 72.2. The van der Waals surface area contributed by atoms with Crippen molar-refractivity contribution in [3.63, 3.8) is 0 Å². The molecule has 584 valence electrons. The number of carbonyl (C=O) groups is 5. The molecule has 0 spiro atoms. The van der Waals surface area contributed by atoms with Gasteiger partial charge in [0.1, 0.15) is 42.4 Å². The molecule has 0 radical (unpaired) electrons. The third-order valence-electron chi connectivity index (χ3n) is 17.5. The first-order chi connectivity index (χ1) is 46.9. The Hall–Kier alpha value is -3.13. The van der Waals surface area contributed by atoms with Gasteiger partial charge < -0.3 is 114 Å². The molecule has 26 nitrogen and oxygen atoms in total. The smallest absolute Gasteiger partial charge is 0.251 e. The predicted octanol–water partition coefficient (Wildman–Crippen LogP) is 2.53. The molecule has 0 aliphatic carbocycles. The lowest BCUT2D eigenvalue weighted by Gasteiger charge is -2.27. The Balaban J connectivity index is -0.00000223. The van der Waals surface area contributed by atoms with Gasteiger partial charge >= 0.3 is 0 Å². The molecule has 26 heteroatoms. The average molecular weight is 1410 g/mol. The summed E-state index contributed by atoms with van der Waals surface area (Å²) in [6, 6.07) is 0. The highest BCUT2D eigenvalue weighted by Gasteiger charge is 2.35. The van der Waals surface area contributed by atoms with Crippen LogP contribution in [-0.2, 0) is 24.0 Å². The largest absolute Gasteiger partial charge is 0.394 e. The zero-order valence-corrected chi connectivity index (χ0v) is 61.1. The van der Waals surface area contributed by atoms with Gasteiger partial charge in [-0.1, -0.05) is 149 Å². The van der Waals surface area contributed by atoms with Gasteiger partial charge in [-0.3, -0.25) is 19.2 Å². The van der Waals surface area contributed by atoms with E-state index < -0.39 is 79.8 Å². The summed E-state index contributed by atoms with van der Waals surface area (Å²) in [5.41, 5.74) is 0. The molecule has 0 fully saturated rings. The first-order valence-electron chi connectivity index (χ1n) is 38.0. The SMILES string of the molecule is C.CC(=O)CCCCCCCCCCCCCCCCCCCCCCCNC(=O)CCC(=O)N(CCNC(=O)[C@@H](O)[C@H](O)[C@@H](O)[C@H](O)CO)CCNC(=O)[C@H](O)[C@@H](O)[C@H](O)[C@@H](O)CO.CNCCCCCCC(CNCCCCNCCCNC)CNCCCCNCCCNC. The number of nitrogens with one attached hydrogen (secondary N) is 10. The summed E-state index contributed by atoms with van der Waals surface area (Å²) >= 11 is 0. The van der Waals surface area contributed by atoms with Gasteiger partial charge in [-0.25, -0.2) is 0 Å². The van der Waals surface area contributed by atoms with Crippen LogP contribution in [0.5, 0.6) is 0 Å². The summed E-state index contributed by atoms with van der Waals surface area (Å²) in [6.45, 7) is 11.7. The summed E-state index contributed by atoms with van der Waals surface area (Å²) in [5, 5.41) is 128. The predicted molar refractivity (Wildman–Crippen MR) is 394 cm³/mol. The van der Waals surface area contributed by atoms with Crippen LogP contribution >= 0.6 is 0 Å². The van der Waals surface area contributed by atoms with E-state index in [9.17, 15) is 64.8 Å². The fraction of sp³-hybridized carbons (Fsp3) is 0.931. The Morgan fingerprint density at radius 2 is 0.653 bits per heavy atom. The van der Waals surface area contributed by atoms with Crippen LogP contribution < -0.4 is 53.2 Å². The zero-order valence-electron chi connectivity index (χ0n) is 61.1. The van der Waals surface area contributed by atoms with Crippen LogP contribution in [0.2, 0.25) is 0 Å². The maximum absolute atomic E-state index is 13.1. The topological polar surface area (TPSA) is 411 Å². The lowest BCUT2D eigenvalue weighted by molar-refractivity contribution is -0.149. The molecule has 0 rings (SSSR count). The number of ketones is 1. The molecule has 98 heavy (non-hydrogen) atoms. The number of hydrogen-bond donors (Lipinski definition) is 20. The Bertz CT molecular complexity index is 1730. The van der Waals surface area contributed by atoms with Gasteiger partial charge in [0, 0.05) is 52.0 Å². The molecular weight excluding hydrogens is 1260 g/mol. The molecule has 0 heterocycles. The summed E-state index contributed by atoms with van der Waals surface area (Å²) in [7, 11) is 6.09. The minimum atomic E-state index is -2.21.